The van der Waals surface area contributed by atoms with Crippen LogP contribution in [-0.4, -0.2) is 5.92 Å². The van der Waals surface area contributed by atoms with Gasteiger partial charge in [0.25, 0.3) is 5.92 Å². The molecule has 0 saturated carbocycles. The van der Waals surface area contributed by atoms with Gasteiger partial charge in [-0.25, -0.2) is 8.78 Å². The molecule has 2 aromatic rings. The van der Waals surface area contributed by atoms with Crippen molar-refractivity contribution in [1.29, 1.82) is 5.26 Å². The molecule has 0 aliphatic carbocycles. The normalized spacial score (nSPS) is 10.9. The van der Waals surface area contributed by atoms with Crippen LogP contribution in [0.1, 0.15) is 35.6 Å². The summed E-state index contributed by atoms with van der Waals surface area (Å²) in [6, 6.07) is 16.1. The Morgan fingerprint density at radius 3 is 1.87 bits per heavy atom. The van der Waals surface area contributed by atoms with E-state index in [2.05, 4.69) is 17.9 Å². The Kier molecular flexibility index (Phi) is 5.28. The van der Waals surface area contributed by atoms with Crippen molar-refractivity contribution in [3.8, 4) is 17.9 Å². The molecular formula is C20H15F2N. The number of hydrogen-bond donors (Lipinski definition) is 0. The Hall–Kier alpha value is -2.91. The van der Waals surface area contributed by atoms with E-state index in [0.717, 1.165) is 17.2 Å². The molecule has 0 aliphatic heterocycles. The Labute approximate surface area is 134 Å². The summed E-state index contributed by atoms with van der Waals surface area (Å²) in [4.78, 5) is 0. The Balaban J connectivity index is 2.09. The van der Waals surface area contributed by atoms with Crippen LogP contribution in [0.25, 0.3) is 6.08 Å². The van der Waals surface area contributed by atoms with Gasteiger partial charge in [0.2, 0.25) is 0 Å². The molecule has 0 fully saturated rings. The summed E-state index contributed by atoms with van der Waals surface area (Å²) in [5, 5.41) is 8.73. The molecule has 3 heteroatoms. The van der Waals surface area contributed by atoms with Gasteiger partial charge in [0, 0.05) is 17.5 Å². The Morgan fingerprint density at radius 1 is 0.913 bits per heavy atom. The number of halogens is 2. The van der Waals surface area contributed by atoms with Gasteiger partial charge in [0.1, 0.15) is 0 Å². The summed E-state index contributed by atoms with van der Waals surface area (Å²) >= 11 is 0. The molecule has 1 nitrogen and oxygen atoms in total. The molecule has 0 N–H and O–H groups in total. The lowest BCUT2D eigenvalue weighted by atomic mass is 10.1. The van der Waals surface area contributed by atoms with E-state index in [4.69, 9.17) is 5.26 Å². The largest absolute Gasteiger partial charge is 0.266 e. The molecule has 0 aromatic heterocycles. The number of nitriles is 1. The van der Waals surface area contributed by atoms with Crippen LogP contribution in [0.3, 0.4) is 0 Å². The third kappa shape index (κ3) is 5.09. The maximum atomic E-state index is 13.2. The molecule has 0 unspecified atom stereocenters. The van der Waals surface area contributed by atoms with Crippen molar-refractivity contribution in [3.63, 3.8) is 0 Å². The van der Waals surface area contributed by atoms with Gasteiger partial charge in [-0.3, -0.25) is 0 Å². The molecule has 2 rings (SSSR count). The minimum atomic E-state index is -2.77. The van der Waals surface area contributed by atoms with Gasteiger partial charge in [-0.1, -0.05) is 37.0 Å². The van der Waals surface area contributed by atoms with Crippen LogP contribution in [0.2, 0.25) is 0 Å². The van der Waals surface area contributed by atoms with Crippen molar-refractivity contribution < 1.29 is 8.78 Å². The van der Waals surface area contributed by atoms with Crippen molar-refractivity contribution >= 4 is 6.08 Å². The molecule has 0 heterocycles. The summed E-state index contributed by atoms with van der Waals surface area (Å²) in [6.07, 6.45) is 2.13. The molecular weight excluding hydrogens is 292 g/mol. The molecule has 0 atom stereocenters. The molecule has 0 radical (unpaired) electrons. The van der Waals surface area contributed by atoms with Crippen LogP contribution in [0, 0.1) is 23.2 Å². The number of alkyl halides is 2. The first-order valence-electron chi connectivity index (χ1n) is 7.22. The molecule has 23 heavy (non-hydrogen) atoms. The molecule has 0 amide bonds. The number of benzene rings is 2. The predicted octanol–water partition coefficient (Wildman–Crippen LogP) is 5.02. The summed E-state index contributed by atoms with van der Waals surface area (Å²) in [7, 11) is 0. The summed E-state index contributed by atoms with van der Waals surface area (Å²) in [5.74, 6) is 3.23. The number of hydrogen-bond acceptors (Lipinski definition) is 1. The SMILES string of the molecule is CCC(F)(F)/C=C/c1ccc(C#Cc2ccc(C#N)cc2)cc1. The minimum absolute atomic E-state index is 0.211. The Bertz CT molecular complexity index is 783. The molecule has 0 bridgehead atoms. The zero-order valence-corrected chi connectivity index (χ0v) is 12.7. The van der Waals surface area contributed by atoms with Crippen LogP contribution in [0.15, 0.2) is 54.6 Å². The molecule has 0 saturated heterocycles. The zero-order chi connectivity index (χ0) is 16.7. The highest BCUT2D eigenvalue weighted by atomic mass is 19.3. The van der Waals surface area contributed by atoms with Gasteiger partial charge in [-0.15, -0.1) is 0 Å². The maximum absolute atomic E-state index is 13.2. The van der Waals surface area contributed by atoms with Crippen molar-refractivity contribution in [2.75, 3.05) is 0 Å². The van der Waals surface area contributed by atoms with Crippen molar-refractivity contribution in [3.05, 3.63) is 76.9 Å². The topological polar surface area (TPSA) is 23.8 Å². The van der Waals surface area contributed by atoms with Crippen LogP contribution in [-0.2, 0) is 0 Å². The summed E-state index contributed by atoms with van der Waals surface area (Å²) in [5.41, 5.74) is 2.92. The second kappa shape index (κ2) is 7.38. The molecule has 2 aromatic carbocycles. The summed E-state index contributed by atoms with van der Waals surface area (Å²) in [6.45, 7) is 1.45. The van der Waals surface area contributed by atoms with Gasteiger partial charge in [0.05, 0.1) is 11.6 Å². The molecule has 114 valence electrons. The van der Waals surface area contributed by atoms with E-state index in [1.807, 2.05) is 0 Å². The third-order valence-electron chi connectivity index (χ3n) is 3.27. The summed E-state index contributed by atoms with van der Waals surface area (Å²) < 4.78 is 26.3. The van der Waals surface area contributed by atoms with Gasteiger partial charge in [-0.2, -0.15) is 5.26 Å². The lowest BCUT2D eigenvalue weighted by molar-refractivity contribution is 0.0520. The van der Waals surface area contributed by atoms with Crippen molar-refractivity contribution in [1.82, 2.24) is 0 Å². The van der Waals surface area contributed by atoms with Crippen LogP contribution < -0.4 is 0 Å². The van der Waals surface area contributed by atoms with E-state index >= 15 is 0 Å². The fourth-order valence-corrected chi connectivity index (χ4v) is 1.79. The molecule has 0 aliphatic rings. The first kappa shape index (κ1) is 16.5. The maximum Gasteiger partial charge on any atom is 0.266 e. The molecule has 0 spiro atoms. The fourth-order valence-electron chi connectivity index (χ4n) is 1.79. The first-order chi connectivity index (χ1) is 11.0. The smallest absolute Gasteiger partial charge is 0.202 e. The van der Waals surface area contributed by atoms with E-state index in [1.165, 1.54) is 13.0 Å². The first-order valence-corrected chi connectivity index (χ1v) is 7.22. The zero-order valence-electron chi connectivity index (χ0n) is 12.7. The third-order valence-corrected chi connectivity index (χ3v) is 3.27. The van der Waals surface area contributed by atoms with E-state index in [9.17, 15) is 8.78 Å². The van der Waals surface area contributed by atoms with Gasteiger partial charge < -0.3 is 0 Å². The number of rotatable bonds is 3. The van der Waals surface area contributed by atoms with Gasteiger partial charge in [0.15, 0.2) is 0 Å². The number of nitrogens with zero attached hydrogens (tertiary/aromatic N) is 1. The number of allylic oxidation sites excluding steroid dienone is 1. The van der Waals surface area contributed by atoms with Crippen LogP contribution in [0.5, 0.6) is 0 Å². The van der Waals surface area contributed by atoms with E-state index in [0.29, 0.717) is 11.1 Å². The van der Waals surface area contributed by atoms with Crippen molar-refractivity contribution in [2.24, 2.45) is 0 Å². The highest BCUT2D eigenvalue weighted by Crippen LogP contribution is 2.20. The van der Waals surface area contributed by atoms with E-state index < -0.39 is 5.92 Å². The second-order valence-electron chi connectivity index (χ2n) is 5.01. The lowest BCUT2D eigenvalue weighted by Crippen LogP contribution is -2.08. The second-order valence-corrected chi connectivity index (χ2v) is 5.01. The highest BCUT2D eigenvalue weighted by Gasteiger charge is 2.20. The highest BCUT2D eigenvalue weighted by molar-refractivity contribution is 5.53. The fraction of sp³-hybridized carbons (Fsp3) is 0.150. The van der Waals surface area contributed by atoms with Crippen molar-refractivity contribution in [2.45, 2.75) is 19.3 Å². The van der Waals surface area contributed by atoms with Crippen LogP contribution >= 0.6 is 0 Å². The average Bonchev–Trinajstić information content (AvgIpc) is 2.59. The van der Waals surface area contributed by atoms with E-state index in [1.54, 1.807) is 48.5 Å². The standard InChI is InChI=1S/C20H15F2N/c1-2-20(21,22)14-13-18-7-5-16(6-8-18)3-4-17-9-11-19(15-23)12-10-17/h5-14H,2H2,1H3/b14-13+. The monoisotopic (exact) mass is 307 g/mol. The predicted molar refractivity (Wildman–Crippen MR) is 87.9 cm³/mol. The minimum Gasteiger partial charge on any atom is -0.202 e. The quantitative estimate of drug-likeness (QED) is 0.731. The van der Waals surface area contributed by atoms with Gasteiger partial charge in [-0.05, 0) is 48.0 Å². The van der Waals surface area contributed by atoms with Crippen LogP contribution in [0.4, 0.5) is 8.78 Å². The lowest BCUT2D eigenvalue weighted by Gasteiger charge is -2.06. The van der Waals surface area contributed by atoms with E-state index in [-0.39, 0.29) is 6.42 Å². The van der Waals surface area contributed by atoms with Gasteiger partial charge >= 0.3 is 0 Å². The average molecular weight is 307 g/mol. The Morgan fingerprint density at radius 2 is 1.39 bits per heavy atom.